The van der Waals surface area contributed by atoms with Crippen molar-refractivity contribution in [2.45, 2.75) is 11.8 Å². The van der Waals surface area contributed by atoms with Crippen LogP contribution in [0.3, 0.4) is 0 Å². The molecule has 2 aromatic rings. The van der Waals surface area contributed by atoms with Gasteiger partial charge in [-0.2, -0.15) is 17.6 Å². The quantitative estimate of drug-likeness (QED) is 0.756. The number of halogens is 4. The molecular formula is C13H9F4N. The third-order valence-electron chi connectivity index (χ3n) is 2.52. The number of nitrogens with zero attached hydrogens (tertiary/aromatic N) is 1. The van der Waals surface area contributed by atoms with Crippen molar-refractivity contribution < 1.29 is 17.6 Å². The Kier molecular flexibility index (Phi) is 3.07. The summed E-state index contributed by atoms with van der Waals surface area (Å²) in [6.07, 6.45) is 1.06. The lowest BCUT2D eigenvalue weighted by atomic mass is 9.99. The lowest BCUT2D eigenvalue weighted by Crippen LogP contribution is -2.36. The fourth-order valence-corrected chi connectivity index (χ4v) is 1.54. The molecule has 0 atom stereocenters. The molecule has 0 aliphatic heterocycles. The van der Waals surface area contributed by atoms with E-state index in [4.69, 9.17) is 0 Å². The topological polar surface area (TPSA) is 12.9 Å². The van der Waals surface area contributed by atoms with Crippen LogP contribution in [0.1, 0.15) is 11.3 Å². The SMILES string of the molecule is FC(F)(c1ccccc1)C(F)(F)c1ccccn1. The standard InChI is InChI=1S/C13H9F4N/c14-12(15,10-6-2-1-3-7-10)13(16,17)11-8-4-5-9-18-11/h1-9H. The van der Waals surface area contributed by atoms with E-state index in [0.29, 0.717) is 0 Å². The van der Waals surface area contributed by atoms with Crippen LogP contribution in [0, 0.1) is 0 Å². The molecule has 1 heterocycles. The number of hydrogen-bond donors (Lipinski definition) is 0. The van der Waals surface area contributed by atoms with Crippen molar-refractivity contribution in [2.24, 2.45) is 0 Å². The van der Waals surface area contributed by atoms with Gasteiger partial charge in [0.2, 0.25) is 0 Å². The second-order valence-electron chi connectivity index (χ2n) is 3.73. The summed E-state index contributed by atoms with van der Waals surface area (Å²) in [5.74, 6) is -8.65. The van der Waals surface area contributed by atoms with E-state index in [0.717, 1.165) is 24.4 Å². The first-order valence-corrected chi connectivity index (χ1v) is 5.19. The minimum atomic E-state index is -4.35. The molecule has 0 fully saturated rings. The summed E-state index contributed by atoms with van der Waals surface area (Å²) >= 11 is 0. The second kappa shape index (κ2) is 4.40. The number of hydrogen-bond acceptors (Lipinski definition) is 1. The Morgan fingerprint density at radius 2 is 1.33 bits per heavy atom. The molecule has 1 aromatic carbocycles. The number of benzene rings is 1. The van der Waals surface area contributed by atoms with Gasteiger partial charge in [0.15, 0.2) is 0 Å². The maximum absolute atomic E-state index is 13.8. The smallest absolute Gasteiger partial charge is 0.255 e. The molecule has 1 aromatic heterocycles. The number of aromatic nitrogens is 1. The van der Waals surface area contributed by atoms with Gasteiger partial charge in [0.1, 0.15) is 5.69 Å². The Bertz CT molecular complexity index is 462. The molecule has 0 aliphatic carbocycles. The minimum absolute atomic E-state index is 0.736. The molecule has 0 amide bonds. The van der Waals surface area contributed by atoms with Gasteiger partial charge in [-0.3, -0.25) is 4.98 Å². The highest BCUT2D eigenvalue weighted by molar-refractivity contribution is 5.26. The summed E-state index contributed by atoms with van der Waals surface area (Å²) in [5, 5.41) is 0. The van der Waals surface area contributed by atoms with Crippen molar-refractivity contribution in [1.29, 1.82) is 0 Å². The van der Waals surface area contributed by atoms with Crippen LogP contribution in [0.4, 0.5) is 17.6 Å². The highest BCUT2D eigenvalue weighted by atomic mass is 19.3. The summed E-state index contributed by atoms with van der Waals surface area (Å²) in [5.41, 5.74) is -1.68. The van der Waals surface area contributed by atoms with E-state index in [1.54, 1.807) is 0 Å². The first kappa shape index (κ1) is 12.5. The van der Waals surface area contributed by atoms with Crippen molar-refractivity contribution in [2.75, 3.05) is 0 Å². The zero-order chi connectivity index (χ0) is 13.2. The Morgan fingerprint density at radius 1 is 0.722 bits per heavy atom. The third kappa shape index (κ3) is 1.96. The van der Waals surface area contributed by atoms with E-state index in [2.05, 4.69) is 4.98 Å². The maximum atomic E-state index is 13.8. The molecule has 0 unspecified atom stereocenters. The van der Waals surface area contributed by atoms with Crippen LogP contribution in [0.15, 0.2) is 54.7 Å². The summed E-state index contributed by atoms with van der Waals surface area (Å²) in [4.78, 5) is 3.31. The fraction of sp³-hybridized carbons (Fsp3) is 0.154. The van der Waals surface area contributed by atoms with Gasteiger partial charge in [-0.25, -0.2) is 0 Å². The van der Waals surface area contributed by atoms with Gasteiger partial charge in [0.25, 0.3) is 0 Å². The molecule has 2 rings (SSSR count). The molecular weight excluding hydrogens is 246 g/mol. The molecule has 0 N–H and O–H groups in total. The van der Waals surface area contributed by atoms with Crippen LogP contribution in [0.5, 0.6) is 0 Å². The van der Waals surface area contributed by atoms with Gasteiger partial charge < -0.3 is 0 Å². The van der Waals surface area contributed by atoms with Crippen LogP contribution >= 0.6 is 0 Å². The number of alkyl halides is 4. The first-order chi connectivity index (χ1) is 8.46. The predicted octanol–water partition coefficient (Wildman–Crippen LogP) is 3.97. The molecule has 0 aliphatic rings. The monoisotopic (exact) mass is 255 g/mol. The van der Waals surface area contributed by atoms with E-state index in [1.165, 1.54) is 30.3 Å². The lowest BCUT2D eigenvalue weighted by Gasteiger charge is -2.26. The van der Waals surface area contributed by atoms with Crippen molar-refractivity contribution in [3.8, 4) is 0 Å². The van der Waals surface area contributed by atoms with E-state index < -0.39 is 23.1 Å². The predicted molar refractivity (Wildman–Crippen MR) is 58.5 cm³/mol. The molecule has 5 heteroatoms. The van der Waals surface area contributed by atoms with Crippen LogP contribution in [0.25, 0.3) is 0 Å². The van der Waals surface area contributed by atoms with Crippen molar-refractivity contribution in [1.82, 2.24) is 4.98 Å². The zero-order valence-electron chi connectivity index (χ0n) is 9.16. The normalized spacial score (nSPS) is 12.4. The van der Waals surface area contributed by atoms with Gasteiger partial charge in [-0.15, -0.1) is 0 Å². The highest BCUT2D eigenvalue weighted by Gasteiger charge is 2.59. The Morgan fingerprint density at radius 3 is 1.89 bits per heavy atom. The van der Waals surface area contributed by atoms with Gasteiger partial charge in [0, 0.05) is 11.8 Å². The summed E-state index contributed by atoms with van der Waals surface area (Å²) in [7, 11) is 0. The Balaban J connectivity index is 2.47. The van der Waals surface area contributed by atoms with Gasteiger partial charge >= 0.3 is 11.8 Å². The molecule has 0 radical (unpaired) electrons. The van der Waals surface area contributed by atoms with Gasteiger partial charge in [0.05, 0.1) is 0 Å². The summed E-state index contributed by atoms with van der Waals surface area (Å²) < 4.78 is 55.3. The number of rotatable bonds is 3. The molecule has 18 heavy (non-hydrogen) atoms. The molecule has 94 valence electrons. The highest BCUT2D eigenvalue weighted by Crippen LogP contribution is 2.48. The minimum Gasteiger partial charge on any atom is -0.255 e. The zero-order valence-corrected chi connectivity index (χ0v) is 9.16. The van der Waals surface area contributed by atoms with E-state index in [9.17, 15) is 17.6 Å². The number of pyridine rings is 1. The van der Waals surface area contributed by atoms with E-state index in [1.807, 2.05) is 0 Å². The van der Waals surface area contributed by atoms with Crippen LogP contribution in [-0.2, 0) is 11.8 Å². The van der Waals surface area contributed by atoms with Crippen molar-refractivity contribution >= 4 is 0 Å². The summed E-state index contributed by atoms with van der Waals surface area (Å²) in [6.45, 7) is 0. The van der Waals surface area contributed by atoms with E-state index >= 15 is 0 Å². The van der Waals surface area contributed by atoms with Crippen LogP contribution in [-0.4, -0.2) is 4.98 Å². The molecule has 0 bridgehead atoms. The largest absolute Gasteiger partial charge is 0.356 e. The van der Waals surface area contributed by atoms with Gasteiger partial charge in [-0.1, -0.05) is 36.4 Å². The van der Waals surface area contributed by atoms with Crippen LogP contribution in [0.2, 0.25) is 0 Å². The van der Waals surface area contributed by atoms with Gasteiger partial charge in [-0.05, 0) is 12.1 Å². The fourth-order valence-electron chi connectivity index (χ4n) is 1.54. The lowest BCUT2D eigenvalue weighted by molar-refractivity contribution is -0.226. The second-order valence-corrected chi connectivity index (χ2v) is 3.73. The Hall–Kier alpha value is -1.91. The van der Waals surface area contributed by atoms with E-state index in [-0.39, 0.29) is 0 Å². The molecule has 0 saturated heterocycles. The van der Waals surface area contributed by atoms with Crippen molar-refractivity contribution in [3.05, 3.63) is 66.0 Å². The third-order valence-corrected chi connectivity index (χ3v) is 2.52. The van der Waals surface area contributed by atoms with Crippen LogP contribution < -0.4 is 0 Å². The molecule has 0 spiro atoms. The maximum Gasteiger partial charge on any atom is 0.356 e. The molecule has 1 nitrogen and oxygen atoms in total. The average molecular weight is 255 g/mol. The Labute approximate surface area is 101 Å². The molecule has 0 saturated carbocycles. The average Bonchev–Trinajstić information content (AvgIpc) is 2.40. The first-order valence-electron chi connectivity index (χ1n) is 5.19. The van der Waals surface area contributed by atoms with Crippen molar-refractivity contribution in [3.63, 3.8) is 0 Å². The summed E-state index contributed by atoms with van der Waals surface area (Å²) in [6, 6.07) is 9.52.